The zero-order valence-electron chi connectivity index (χ0n) is 9.97. The Morgan fingerprint density at radius 3 is 2.89 bits per heavy atom. The molecule has 0 bridgehead atoms. The number of carbonyl (C=O) groups excluding carboxylic acids is 1. The molecule has 2 aliphatic heterocycles. The molecule has 2 aliphatic rings. The Morgan fingerprint density at radius 1 is 1.33 bits per heavy atom. The largest absolute Gasteiger partial charge is 0.508 e. The monoisotopic (exact) mass is 248 g/mol. The molecule has 5 heteroatoms. The van der Waals surface area contributed by atoms with Gasteiger partial charge in [-0.2, -0.15) is 0 Å². The summed E-state index contributed by atoms with van der Waals surface area (Å²) in [5.74, 6) is 0.172. The number of phenols is 2. The number of aromatic hydroxyl groups is 2. The Bertz CT molecular complexity index is 477. The standard InChI is InChI=1S/C13H16N2O3/c16-9-1-2-10(12(17)5-9)13(18)15-6-8-3-4-14-11(8)7-15/h1-2,5,8,11,14,16-17H,3-4,6-7H2/t8-,11+/m0/s1. The van der Waals surface area contributed by atoms with Crippen molar-refractivity contribution < 1.29 is 15.0 Å². The molecule has 2 fully saturated rings. The topological polar surface area (TPSA) is 72.8 Å². The molecule has 0 spiro atoms. The molecule has 1 amide bonds. The molecule has 1 aromatic rings. The van der Waals surface area contributed by atoms with E-state index in [9.17, 15) is 15.0 Å². The SMILES string of the molecule is O=C(c1ccc(O)cc1O)N1C[C@@H]2CCN[C@@H]2C1. The third kappa shape index (κ3) is 1.80. The first-order chi connectivity index (χ1) is 8.65. The lowest BCUT2D eigenvalue weighted by atomic mass is 10.1. The first-order valence-corrected chi connectivity index (χ1v) is 6.20. The zero-order chi connectivity index (χ0) is 12.7. The van der Waals surface area contributed by atoms with E-state index < -0.39 is 0 Å². The van der Waals surface area contributed by atoms with E-state index in [-0.39, 0.29) is 23.0 Å². The number of nitrogens with one attached hydrogen (secondary N) is 1. The maximum Gasteiger partial charge on any atom is 0.257 e. The third-order valence-electron chi connectivity index (χ3n) is 3.86. The molecular weight excluding hydrogens is 232 g/mol. The number of hydrogen-bond acceptors (Lipinski definition) is 4. The van der Waals surface area contributed by atoms with Gasteiger partial charge < -0.3 is 20.4 Å². The van der Waals surface area contributed by atoms with Crippen LogP contribution in [0, 0.1) is 5.92 Å². The van der Waals surface area contributed by atoms with Gasteiger partial charge in [0.05, 0.1) is 5.56 Å². The van der Waals surface area contributed by atoms with Gasteiger partial charge in [0.15, 0.2) is 0 Å². The van der Waals surface area contributed by atoms with Crippen molar-refractivity contribution in [2.75, 3.05) is 19.6 Å². The first-order valence-electron chi connectivity index (χ1n) is 6.20. The summed E-state index contributed by atoms with van der Waals surface area (Å²) >= 11 is 0. The summed E-state index contributed by atoms with van der Waals surface area (Å²) in [5, 5.41) is 22.3. The molecule has 2 heterocycles. The van der Waals surface area contributed by atoms with E-state index in [2.05, 4.69) is 5.32 Å². The molecule has 0 saturated carbocycles. The van der Waals surface area contributed by atoms with Crippen molar-refractivity contribution in [3.63, 3.8) is 0 Å². The Labute approximate surface area is 105 Å². The van der Waals surface area contributed by atoms with Gasteiger partial charge in [-0.3, -0.25) is 4.79 Å². The van der Waals surface area contributed by atoms with E-state index in [4.69, 9.17) is 0 Å². The van der Waals surface area contributed by atoms with E-state index in [1.165, 1.54) is 18.2 Å². The average molecular weight is 248 g/mol. The Morgan fingerprint density at radius 2 is 2.17 bits per heavy atom. The number of nitrogens with zero attached hydrogens (tertiary/aromatic N) is 1. The summed E-state index contributed by atoms with van der Waals surface area (Å²) in [4.78, 5) is 14.0. The van der Waals surface area contributed by atoms with Crippen LogP contribution in [0.15, 0.2) is 18.2 Å². The van der Waals surface area contributed by atoms with Gasteiger partial charge in [0.1, 0.15) is 11.5 Å². The summed E-state index contributed by atoms with van der Waals surface area (Å²) in [6, 6.07) is 4.48. The van der Waals surface area contributed by atoms with Crippen LogP contribution in [0.3, 0.4) is 0 Å². The van der Waals surface area contributed by atoms with Gasteiger partial charge in [-0.05, 0) is 31.0 Å². The summed E-state index contributed by atoms with van der Waals surface area (Å²) in [7, 11) is 0. The van der Waals surface area contributed by atoms with Gasteiger partial charge in [-0.25, -0.2) is 0 Å². The Balaban J connectivity index is 1.79. The molecule has 5 nitrogen and oxygen atoms in total. The number of likely N-dealkylation sites (tertiary alicyclic amines) is 1. The number of phenolic OH excluding ortho intramolecular Hbond substituents is 2. The van der Waals surface area contributed by atoms with Crippen molar-refractivity contribution in [1.82, 2.24) is 10.2 Å². The van der Waals surface area contributed by atoms with Crippen molar-refractivity contribution in [1.29, 1.82) is 0 Å². The molecule has 0 unspecified atom stereocenters. The second-order valence-electron chi connectivity index (χ2n) is 5.02. The van der Waals surface area contributed by atoms with Crippen molar-refractivity contribution in [3.05, 3.63) is 23.8 Å². The van der Waals surface area contributed by atoms with Gasteiger partial charge >= 0.3 is 0 Å². The third-order valence-corrected chi connectivity index (χ3v) is 3.86. The van der Waals surface area contributed by atoms with Crippen LogP contribution in [0.5, 0.6) is 11.5 Å². The quantitative estimate of drug-likeness (QED) is 0.678. The number of rotatable bonds is 1. The Kier molecular flexibility index (Phi) is 2.63. The van der Waals surface area contributed by atoms with Crippen LogP contribution >= 0.6 is 0 Å². The van der Waals surface area contributed by atoms with Crippen LogP contribution in [0.1, 0.15) is 16.8 Å². The summed E-state index contributed by atoms with van der Waals surface area (Å²) in [6.07, 6.45) is 1.11. The van der Waals surface area contributed by atoms with E-state index in [1.54, 1.807) is 4.90 Å². The summed E-state index contributed by atoms with van der Waals surface area (Å²) < 4.78 is 0. The van der Waals surface area contributed by atoms with Crippen molar-refractivity contribution in [2.24, 2.45) is 5.92 Å². The summed E-state index contributed by atoms with van der Waals surface area (Å²) in [6.45, 7) is 2.47. The van der Waals surface area contributed by atoms with Crippen LogP contribution in [0.2, 0.25) is 0 Å². The van der Waals surface area contributed by atoms with Gasteiger partial charge in [0.25, 0.3) is 5.91 Å². The maximum atomic E-state index is 12.3. The fraction of sp³-hybridized carbons (Fsp3) is 0.462. The minimum absolute atomic E-state index is 0.0380. The highest BCUT2D eigenvalue weighted by atomic mass is 16.3. The highest BCUT2D eigenvalue weighted by molar-refractivity contribution is 5.97. The predicted molar refractivity (Wildman–Crippen MR) is 65.6 cm³/mol. The molecule has 3 rings (SSSR count). The maximum absolute atomic E-state index is 12.3. The van der Waals surface area contributed by atoms with E-state index >= 15 is 0 Å². The molecule has 0 radical (unpaired) electrons. The minimum atomic E-state index is -0.163. The van der Waals surface area contributed by atoms with Crippen molar-refractivity contribution in [2.45, 2.75) is 12.5 Å². The fourth-order valence-corrected chi connectivity index (χ4v) is 2.89. The highest BCUT2D eigenvalue weighted by Crippen LogP contribution is 2.29. The Hall–Kier alpha value is -1.75. The molecule has 18 heavy (non-hydrogen) atoms. The van der Waals surface area contributed by atoms with Gasteiger partial charge in [0, 0.05) is 25.2 Å². The molecule has 96 valence electrons. The lowest BCUT2D eigenvalue weighted by molar-refractivity contribution is 0.0779. The van der Waals surface area contributed by atoms with Crippen molar-refractivity contribution >= 4 is 5.91 Å². The van der Waals surface area contributed by atoms with E-state index in [0.717, 1.165) is 19.5 Å². The van der Waals surface area contributed by atoms with Gasteiger partial charge in [-0.1, -0.05) is 0 Å². The average Bonchev–Trinajstić information content (AvgIpc) is 2.87. The van der Waals surface area contributed by atoms with Crippen LogP contribution in [-0.4, -0.2) is 46.7 Å². The molecular formula is C13H16N2O3. The molecule has 2 saturated heterocycles. The number of hydrogen-bond donors (Lipinski definition) is 3. The lowest BCUT2D eigenvalue weighted by Crippen LogP contribution is -2.33. The normalized spacial score (nSPS) is 26.3. The van der Waals surface area contributed by atoms with Gasteiger partial charge in [-0.15, -0.1) is 0 Å². The van der Waals surface area contributed by atoms with Crippen LogP contribution < -0.4 is 5.32 Å². The predicted octanol–water partition coefficient (Wildman–Crippen LogP) is 0.532. The van der Waals surface area contributed by atoms with Crippen LogP contribution in [-0.2, 0) is 0 Å². The first kappa shape index (κ1) is 11.3. The molecule has 2 atom stereocenters. The molecule has 1 aromatic carbocycles. The van der Waals surface area contributed by atoms with E-state index in [0.29, 0.717) is 18.5 Å². The lowest BCUT2D eigenvalue weighted by Gasteiger charge is -2.18. The summed E-state index contributed by atoms with van der Waals surface area (Å²) in [5.41, 5.74) is 0.257. The van der Waals surface area contributed by atoms with Crippen molar-refractivity contribution in [3.8, 4) is 11.5 Å². The minimum Gasteiger partial charge on any atom is -0.508 e. The highest BCUT2D eigenvalue weighted by Gasteiger charge is 2.38. The molecule has 3 N–H and O–H groups in total. The number of benzene rings is 1. The fourth-order valence-electron chi connectivity index (χ4n) is 2.89. The smallest absolute Gasteiger partial charge is 0.257 e. The van der Waals surface area contributed by atoms with Crippen LogP contribution in [0.25, 0.3) is 0 Å². The second-order valence-corrected chi connectivity index (χ2v) is 5.02. The number of fused-ring (bicyclic) bond motifs is 1. The molecule has 0 aliphatic carbocycles. The number of amides is 1. The zero-order valence-corrected chi connectivity index (χ0v) is 9.97. The van der Waals surface area contributed by atoms with Gasteiger partial charge in [0.2, 0.25) is 0 Å². The second kappa shape index (κ2) is 4.17. The van der Waals surface area contributed by atoms with Crippen LogP contribution in [0.4, 0.5) is 0 Å². The van der Waals surface area contributed by atoms with E-state index in [1.807, 2.05) is 0 Å². The number of carbonyl (C=O) groups is 1. The molecule has 0 aromatic heterocycles.